The van der Waals surface area contributed by atoms with Gasteiger partial charge in [0.1, 0.15) is 5.56 Å². The summed E-state index contributed by atoms with van der Waals surface area (Å²) in [5, 5.41) is 19.5. The molecule has 0 radical (unpaired) electrons. The van der Waals surface area contributed by atoms with Gasteiger partial charge in [0, 0.05) is 24.7 Å². The first-order valence-corrected chi connectivity index (χ1v) is 7.26. The molecule has 3 aromatic heterocycles. The standard InChI is InChI=1S/C14H14N4O2S/c1-8-3-4-21-11(8)7-15-12-9-6-17-18(2)13(9)16-5-10(12)14(19)20/h3-6H,7H2,1-2H3,(H,15,16)(H,19,20). The summed E-state index contributed by atoms with van der Waals surface area (Å²) >= 11 is 1.65. The Kier molecular flexibility index (Phi) is 3.34. The van der Waals surface area contributed by atoms with Crippen molar-refractivity contribution in [3.63, 3.8) is 0 Å². The van der Waals surface area contributed by atoms with Crippen molar-refractivity contribution in [3.05, 3.63) is 39.8 Å². The van der Waals surface area contributed by atoms with E-state index >= 15 is 0 Å². The number of nitrogens with one attached hydrogen (secondary N) is 1. The number of carboxylic acids is 1. The molecule has 3 heterocycles. The average molecular weight is 302 g/mol. The normalized spacial score (nSPS) is 11.0. The second kappa shape index (κ2) is 5.17. The molecule has 0 aliphatic heterocycles. The van der Waals surface area contributed by atoms with E-state index in [2.05, 4.69) is 15.4 Å². The lowest BCUT2D eigenvalue weighted by atomic mass is 10.1. The molecule has 0 aliphatic carbocycles. The fourth-order valence-electron chi connectivity index (χ4n) is 2.20. The van der Waals surface area contributed by atoms with E-state index in [1.807, 2.05) is 18.4 Å². The van der Waals surface area contributed by atoms with Crippen LogP contribution >= 0.6 is 11.3 Å². The predicted molar refractivity (Wildman–Crippen MR) is 81.9 cm³/mol. The molecule has 0 bridgehead atoms. The molecular formula is C14H14N4O2S. The Morgan fingerprint density at radius 1 is 1.48 bits per heavy atom. The summed E-state index contributed by atoms with van der Waals surface area (Å²) in [6.07, 6.45) is 3.01. The van der Waals surface area contributed by atoms with E-state index in [4.69, 9.17) is 0 Å². The van der Waals surface area contributed by atoms with Gasteiger partial charge in [0.25, 0.3) is 0 Å². The zero-order valence-corrected chi connectivity index (χ0v) is 12.4. The minimum Gasteiger partial charge on any atom is -0.478 e. The van der Waals surface area contributed by atoms with Crippen molar-refractivity contribution in [2.75, 3.05) is 5.32 Å². The van der Waals surface area contributed by atoms with Gasteiger partial charge in [-0.3, -0.25) is 4.68 Å². The number of anilines is 1. The number of aromatic nitrogens is 3. The van der Waals surface area contributed by atoms with Crippen LogP contribution in [0.2, 0.25) is 0 Å². The van der Waals surface area contributed by atoms with E-state index in [1.54, 1.807) is 29.3 Å². The maximum atomic E-state index is 11.4. The Balaban J connectivity index is 2.04. The van der Waals surface area contributed by atoms with Crippen molar-refractivity contribution in [2.24, 2.45) is 7.05 Å². The van der Waals surface area contributed by atoms with Crippen LogP contribution in [0.25, 0.3) is 11.0 Å². The largest absolute Gasteiger partial charge is 0.478 e. The highest BCUT2D eigenvalue weighted by molar-refractivity contribution is 7.10. The molecule has 3 rings (SSSR count). The Labute approximate surface area is 125 Å². The number of carboxylic acid groups (broad SMARTS) is 1. The van der Waals surface area contributed by atoms with Gasteiger partial charge in [-0.1, -0.05) is 0 Å². The number of rotatable bonds is 4. The first-order valence-electron chi connectivity index (χ1n) is 6.38. The van der Waals surface area contributed by atoms with E-state index in [9.17, 15) is 9.90 Å². The highest BCUT2D eigenvalue weighted by Crippen LogP contribution is 2.27. The van der Waals surface area contributed by atoms with Gasteiger partial charge >= 0.3 is 5.97 Å². The van der Waals surface area contributed by atoms with Crippen molar-refractivity contribution < 1.29 is 9.90 Å². The molecule has 7 heteroatoms. The second-order valence-electron chi connectivity index (χ2n) is 4.74. The third kappa shape index (κ3) is 2.36. The first-order chi connectivity index (χ1) is 10.1. The third-order valence-corrected chi connectivity index (χ3v) is 4.41. The topological polar surface area (TPSA) is 80.0 Å². The van der Waals surface area contributed by atoms with Crippen molar-refractivity contribution in [1.29, 1.82) is 0 Å². The maximum absolute atomic E-state index is 11.4. The molecule has 6 nitrogen and oxygen atoms in total. The number of hydrogen-bond acceptors (Lipinski definition) is 5. The molecule has 0 spiro atoms. The number of aryl methyl sites for hydroxylation is 2. The molecule has 0 atom stereocenters. The Bertz CT molecular complexity index is 822. The van der Waals surface area contributed by atoms with Crippen LogP contribution in [-0.2, 0) is 13.6 Å². The molecule has 0 amide bonds. The number of nitrogens with zero attached hydrogens (tertiary/aromatic N) is 3. The lowest BCUT2D eigenvalue weighted by Crippen LogP contribution is -2.08. The molecule has 2 N–H and O–H groups in total. The van der Waals surface area contributed by atoms with Crippen LogP contribution in [0, 0.1) is 6.92 Å². The minimum absolute atomic E-state index is 0.157. The molecule has 3 aromatic rings. The summed E-state index contributed by atoms with van der Waals surface area (Å²) in [6, 6.07) is 2.05. The molecule has 0 unspecified atom stereocenters. The predicted octanol–water partition coefficient (Wildman–Crippen LogP) is 2.65. The van der Waals surface area contributed by atoms with Gasteiger partial charge in [-0.25, -0.2) is 9.78 Å². The van der Waals surface area contributed by atoms with Crippen molar-refractivity contribution in [3.8, 4) is 0 Å². The number of carbonyl (C=O) groups is 1. The van der Waals surface area contributed by atoms with E-state index in [0.29, 0.717) is 23.3 Å². The first kappa shape index (κ1) is 13.6. The third-order valence-electron chi connectivity index (χ3n) is 3.39. The van der Waals surface area contributed by atoms with E-state index in [0.717, 1.165) is 0 Å². The summed E-state index contributed by atoms with van der Waals surface area (Å²) in [5.41, 5.74) is 2.57. The monoisotopic (exact) mass is 302 g/mol. The fourth-order valence-corrected chi connectivity index (χ4v) is 3.05. The zero-order chi connectivity index (χ0) is 15.0. The number of fused-ring (bicyclic) bond motifs is 1. The summed E-state index contributed by atoms with van der Waals surface area (Å²) in [4.78, 5) is 16.7. The van der Waals surface area contributed by atoms with Crippen LogP contribution in [-0.4, -0.2) is 25.8 Å². The van der Waals surface area contributed by atoms with Gasteiger partial charge in [0.05, 0.1) is 17.3 Å². The number of aromatic carboxylic acids is 1. The molecule has 0 saturated heterocycles. The van der Waals surface area contributed by atoms with Crippen LogP contribution in [0.4, 0.5) is 5.69 Å². The fraction of sp³-hybridized carbons (Fsp3) is 0.214. The lowest BCUT2D eigenvalue weighted by molar-refractivity contribution is 0.0697. The summed E-state index contributed by atoms with van der Waals surface area (Å²) < 4.78 is 1.63. The van der Waals surface area contributed by atoms with Gasteiger partial charge in [-0.05, 0) is 23.9 Å². The van der Waals surface area contributed by atoms with Crippen LogP contribution in [0.5, 0.6) is 0 Å². The Hall–Kier alpha value is -2.41. The van der Waals surface area contributed by atoms with Crippen molar-refractivity contribution in [1.82, 2.24) is 14.8 Å². The highest BCUT2D eigenvalue weighted by atomic mass is 32.1. The SMILES string of the molecule is Cc1ccsc1CNc1c(C(=O)O)cnc2c1cnn2C. The van der Waals surface area contributed by atoms with Crippen LogP contribution < -0.4 is 5.32 Å². The number of pyridine rings is 1. The van der Waals surface area contributed by atoms with Crippen LogP contribution in [0.1, 0.15) is 20.8 Å². The zero-order valence-electron chi connectivity index (χ0n) is 11.6. The van der Waals surface area contributed by atoms with E-state index < -0.39 is 5.97 Å². The number of thiophene rings is 1. The van der Waals surface area contributed by atoms with Crippen LogP contribution in [0.15, 0.2) is 23.8 Å². The van der Waals surface area contributed by atoms with E-state index in [1.165, 1.54) is 16.6 Å². The van der Waals surface area contributed by atoms with Gasteiger partial charge < -0.3 is 10.4 Å². The average Bonchev–Trinajstić information content (AvgIpc) is 3.03. The van der Waals surface area contributed by atoms with Crippen molar-refractivity contribution in [2.45, 2.75) is 13.5 Å². The second-order valence-corrected chi connectivity index (χ2v) is 5.74. The molecule has 0 aliphatic rings. The van der Waals surface area contributed by atoms with Gasteiger partial charge in [0.2, 0.25) is 0 Å². The van der Waals surface area contributed by atoms with Gasteiger partial charge in [0.15, 0.2) is 5.65 Å². The summed E-state index contributed by atoms with van der Waals surface area (Å²) in [6.45, 7) is 2.62. The summed E-state index contributed by atoms with van der Waals surface area (Å²) in [7, 11) is 1.78. The molecule has 0 fully saturated rings. The quantitative estimate of drug-likeness (QED) is 0.774. The molecule has 108 valence electrons. The minimum atomic E-state index is -1.00. The molecule has 0 aromatic carbocycles. The highest BCUT2D eigenvalue weighted by Gasteiger charge is 2.17. The lowest BCUT2D eigenvalue weighted by Gasteiger charge is -2.10. The van der Waals surface area contributed by atoms with Gasteiger partial charge in [-0.2, -0.15) is 5.10 Å². The summed E-state index contributed by atoms with van der Waals surface area (Å²) in [5.74, 6) is -1.00. The Morgan fingerprint density at radius 2 is 2.29 bits per heavy atom. The maximum Gasteiger partial charge on any atom is 0.339 e. The molecule has 21 heavy (non-hydrogen) atoms. The smallest absolute Gasteiger partial charge is 0.339 e. The van der Waals surface area contributed by atoms with Gasteiger partial charge in [-0.15, -0.1) is 11.3 Å². The molecule has 0 saturated carbocycles. The van der Waals surface area contributed by atoms with Crippen LogP contribution in [0.3, 0.4) is 0 Å². The van der Waals surface area contributed by atoms with E-state index in [-0.39, 0.29) is 5.56 Å². The van der Waals surface area contributed by atoms with Crippen molar-refractivity contribution >= 4 is 34.0 Å². The molecular weight excluding hydrogens is 288 g/mol. The Morgan fingerprint density at radius 3 is 2.95 bits per heavy atom. The number of hydrogen-bond donors (Lipinski definition) is 2.